The van der Waals surface area contributed by atoms with Crippen molar-refractivity contribution < 1.29 is 56.4 Å². The van der Waals surface area contributed by atoms with Gasteiger partial charge in [0.15, 0.2) is 5.43 Å². The van der Waals surface area contributed by atoms with Crippen LogP contribution in [-0.2, 0) is 45.0 Å². The molecule has 0 unspecified atom stereocenters. The fraction of sp³-hybridized carbons (Fsp3) is 0.205. The second kappa shape index (κ2) is 35.5. The van der Waals surface area contributed by atoms with Crippen LogP contribution in [-0.4, -0.2) is 168 Å². The average molecular weight is 1450 g/mol. The summed E-state index contributed by atoms with van der Waals surface area (Å²) >= 11 is 5.47. The molecule has 0 saturated heterocycles. The number of hydrogen-bond donors (Lipinski definition) is 6. The van der Waals surface area contributed by atoms with Gasteiger partial charge in [0.1, 0.15) is 52.5 Å². The van der Waals surface area contributed by atoms with E-state index in [1.807, 2.05) is 55.4 Å². The number of nitrogens with zero attached hydrogens (tertiary/aromatic N) is 13. The lowest BCUT2D eigenvalue weighted by molar-refractivity contribution is -0.126. The lowest BCUT2D eigenvalue weighted by atomic mass is 9.90. The van der Waals surface area contributed by atoms with Crippen LogP contribution < -0.4 is 31.0 Å². The van der Waals surface area contributed by atoms with Crippen LogP contribution in [0.3, 0.4) is 0 Å². The third-order valence-corrected chi connectivity index (χ3v) is 17.5. The summed E-state index contributed by atoms with van der Waals surface area (Å²) in [7, 11) is 0.151. The number of carboxylic acid groups (broad SMARTS) is 1. The molecule has 6 N–H and O–H groups in total. The predicted molar refractivity (Wildman–Crippen MR) is 392 cm³/mol. The van der Waals surface area contributed by atoms with E-state index in [1.165, 1.54) is 36.5 Å². The fourth-order valence-corrected chi connectivity index (χ4v) is 12.1. The number of amides is 2. The third-order valence-electron chi connectivity index (χ3n) is 15.7. The van der Waals surface area contributed by atoms with Crippen molar-refractivity contribution >= 4 is 89.7 Å². The van der Waals surface area contributed by atoms with E-state index in [9.17, 15) is 42.6 Å². The number of carbonyl (C=O) groups is 4. The van der Waals surface area contributed by atoms with Crippen molar-refractivity contribution in [3.63, 3.8) is 0 Å². The number of benzene rings is 5. The number of carbonyl (C=O) groups excluding carboxylic acids is 3. The number of carboxylic acids is 1. The Morgan fingerprint density at radius 3 is 1.90 bits per heavy atom. The molecule has 7 heterocycles. The summed E-state index contributed by atoms with van der Waals surface area (Å²) in [6.45, 7) is 1.86. The maximum absolute atomic E-state index is 13.0. The molecule has 2 aliphatic rings. The summed E-state index contributed by atoms with van der Waals surface area (Å²) in [5.74, 6) is -0.316. The Morgan fingerprint density at radius 2 is 1.24 bits per heavy atom. The minimum atomic E-state index is -3.70. The normalized spacial score (nSPS) is 11.2. The Hall–Kier alpha value is -12.3. The van der Waals surface area contributed by atoms with Gasteiger partial charge in [-0.15, -0.1) is 40.8 Å². The molecule has 1 aliphatic heterocycles. The molecule has 2 amide bonds. The van der Waals surface area contributed by atoms with Gasteiger partial charge in [0, 0.05) is 140 Å². The minimum absolute atomic E-state index is 0.00160. The van der Waals surface area contributed by atoms with Gasteiger partial charge in [0.2, 0.25) is 45.1 Å². The number of sulfonamides is 1. The van der Waals surface area contributed by atoms with Crippen LogP contribution in [0.25, 0.3) is 90.1 Å². The SMILES string of the molecule is CN(C)c1cccc2c(S(=O)(=O)NCCCOCCOCCOCNC(=O)CCC(=O)Cc3ccc(-c4nnc(-c5ccccn5)nn4)nc3)cccc12.O=C(CCC(=S)Nc1ccc(-c2c3ccc(=O)cc-3oc3cc(O)ccc23)c(C(=O)O)c1)Nc1ccc(-c2nnc(-c3ccccn3)nn2)cn1. The van der Waals surface area contributed by atoms with Crippen LogP contribution in [0, 0.1) is 0 Å². The molecule has 534 valence electrons. The first-order chi connectivity index (χ1) is 50.9. The van der Waals surface area contributed by atoms with Gasteiger partial charge in [-0.3, -0.25) is 34.1 Å². The molecule has 32 heteroatoms. The highest BCUT2D eigenvalue weighted by atomic mass is 32.2. The highest BCUT2D eigenvalue weighted by Crippen LogP contribution is 2.43. The molecular formula is C73H67N17O13S2. The topological polar surface area (TPSA) is 407 Å². The highest BCUT2D eigenvalue weighted by Gasteiger charge is 2.24. The molecule has 0 bridgehead atoms. The lowest BCUT2D eigenvalue weighted by Gasteiger charge is -2.17. The van der Waals surface area contributed by atoms with E-state index in [4.69, 9.17) is 30.8 Å². The van der Waals surface area contributed by atoms with Crippen molar-refractivity contribution in [2.24, 2.45) is 0 Å². The zero-order chi connectivity index (χ0) is 73.7. The first kappa shape index (κ1) is 73.9. The number of phenolic OH excluding ortho intramolecular Hbond substituents is 1. The molecular weight excluding hydrogens is 1390 g/mol. The summed E-state index contributed by atoms with van der Waals surface area (Å²) in [6.07, 6.45) is 7.27. The Morgan fingerprint density at radius 1 is 0.581 bits per heavy atom. The monoisotopic (exact) mass is 1450 g/mol. The molecule has 105 heavy (non-hydrogen) atoms. The summed E-state index contributed by atoms with van der Waals surface area (Å²) in [6, 6.07) is 41.8. The van der Waals surface area contributed by atoms with Crippen LogP contribution in [0.15, 0.2) is 191 Å². The van der Waals surface area contributed by atoms with Gasteiger partial charge in [0.25, 0.3) is 0 Å². The second-order valence-electron chi connectivity index (χ2n) is 23.4. The molecule has 6 aromatic heterocycles. The quantitative estimate of drug-likeness (QED) is 0.0102. The Balaban J connectivity index is 0.000000210. The molecule has 0 saturated carbocycles. The molecule has 12 rings (SSSR count). The number of aromatic carboxylic acids is 1. The first-order valence-corrected chi connectivity index (χ1v) is 34.6. The lowest BCUT2D eigenvalue weighted by Crippen LogP contribution is -2.27. The predicted octanol–water partition coefficient (Wildman–Crippen LogP) is 8.82. The Kier molecular flexibility index (Phi) is 25.0. The number of ether oxygens (including phenoxy) is 3. The maximum atomic E-state index is 13.0. The van der Waals surface area contributed by atoms with Crippen molar-refractivity contribution in [3.05, 3.63) is 198 Å². The van der Waals surface area contributed by atoms with Gasteiger partial charge in [-0.1, -0.05) is 60.7 Å². The number of nitrogens with one attached hydrogen (secondary N) is 4. The van der Waals surface area contributed by atoms with Crippen molar-refractivity contribution in [2.75, 3.05) is 75.9 Å². The van der Waals surface area contributed by atoms with Crippen LogP contribution in [0.4, 0.5) is 17.2 Å². The number of aromatic hydroxyl groups is 1. The number of hydrogen-bond acceptors (Lipinski definition) is 26. The average Bonchev–Trinajstić information content (AvgIpc) is 0.745. The van der Waals surface area contributed by atoms with E-state index in [-0.39, 0.29) is 120 Å². The van der Waals surface area contributed by atoms with Crippen LogP contribution in [0.5, 0.6) is 5.75 Å². The largest absolute Gasteiger partial charge is 0.508 e. The molecule has 0 radical (unpaired) electrons. The molecule has 10 aromatic rings. The first-order valence-electron chi connectivity index (χ1n) is 32.7. The van der Waals surface area contributed by atoms with Gasteiger partial charge in [0.05, 0.1) is 41.9 Å². The number of rotatable bonds is 31. The maximum Gasteiger partial charge on any atom is 0.336 e. The van der Waals surface area contributed by atoms with Crippen LogP contribution in [0.1, 0.15) is 48.0 Å². The van der Waals surface area contributed by atoms with E-state index in [0.717, 1.165) is 11.1 Å². The van der Waals surface area contributed by atoms with E-state index in [1.54, 1.807) is 104 Å². The minimum Gasteiger partial charge on any atom is -0.508 e. The zero-order valence-electron chi connectivity index (χ0n) is 56.5. The fourth-order valence-electron chi connectivity index (χ4n) is 10.6. The van der Waals surface area contributed by atoms with E-state index >= 15 is 0 Å². The molecule has 4 aromatic carbocycles. The van der Waals surface area contributed by atoms with Crippen molar-refractivity contribution in [2.45, 2.75) is 43.4 Å². The Bertz CT molecular complexity index is 5190. The number of Topliss-reactive ketones (excluding diaryl/α,β-unsaturated/α-hetero) is 1. The standard InChI is InChI=1S/C37H43N9O7S.C36H24N8O6S/c1-46(2)33-11-5-9-30-29(33)8-6-12-34(30)54(49,50)41-18-7-19-51-20-21-52-22-23-53-26-40-35(48)16-14-28(47)24-27-13-15-32(39-25-27)37-44-42-36(43-45-37)31-10-3-4-17-38-31;45-21-6-9-24-28(16-21)50-29-17-22(46)7-10-25(29)33(24)23-8-5-20(15-26(23)36(48)49)39-32(51)13-12-31(47)40-30-11-4-19(18-38-30)34-41-43-35(44-42-34)27-3-1-2-14-37-27/h3-6,8-13,15,17,25,41H,7,14,16,18-24,26H2,1-2H3,(H,40,48);1-11,14-18,45H,12-13H2,(H,39,51)(H,48,49)(H,38,40,47). The number of anilines is 3. The summed E-state index contributed by atoms with van der Waals surface area (Å²) < 4.78 is 50.9. The number of pyridine rings is 4. The summed E-state index contributed by atoms with van der Waals surface area (Å²) in [5, 5.41) is 63.3. The molecule has 0 spiro atoms. The van der Waals surface area contributed by atoms with Crippen LogP contribution in [0.2, 0.25) is 0 Å². The number of aromatic nitrogens is 12. The van der Waals surface area contributed by atoms with Crippen molar-refractivity contribution in [3.8, 4) is 74.1 Å². The summed E-state index contributed by atoms with van der Waals surface area (Å²) in [5.41, 5.74) is 5.56. The van der Waals surface area contributed by atoms with Crippen molar-refractivity contribution in [1.29, 1.82) is 0 Å². The zero-order valence-corrected chi connectivity index (χ0v) is 58.1. The second-order valence-corrected chi connectivity index (χ2v) is 25.6. The van der Waals surface area contributed by atoms with E-state index in [0.29, 0.717) is 111 Å². The smallest absolute Gasteiger partial charge is 0.336 e. The number of thiocarbonyl (C=S) groups is 1. The van der Waals surface area contributed by atoms with E-state index in [2.05, 4.69) is 81.4 Å². The van der Waals surface area contributed by atoms with Gasteiger partial charge in [-0.25, -0.2) is 22.9 Å². The van der Waals surface area contributed by atoms with E-state index < -0.39 is 16.0 Å². The summed E-state index contributed by atoms with van der Waals surface area (Å²) in [4.78, 5) is 81.3. The third kappa shape index (κ3) is 20.1. The number of fused-ring (bicyclic) bond motifs is 3. The Labute approximate surface area is 605 Å². The molecule has 1 aliphatic carbocycles. The van der Waals surface area contributed by atoms with Gasteiger partial charge >= 0.3 is 5.97 Å². The molecule has 30 nitrogen and oxygen atoms in total. The van der Waals surface area contributed by atoms with Gasteiger partial charge < -0.3 is 49.7 Å². The van der Waals surface area contributed by atoms with Crippen LogP contribution >= 0.6 is 12.2 Å². The van der Waals surface area contributed by atoms with Gasteiger partial charge in [-0.05, 0) is 109 Å². The van der Waals surface area contributed by atoms with Gasteiger partial charge in [-0.2, -0.15) is 0 Å². The van der Waals surface area contributed by atoms with Crippen molar-refractivity contribution in [1.82, 2.24) is 70.8 Å². The highest BCUT2D eigenvalue weighted by molar-refractivity contribution is 7.89. The number of ketones is 1. The number of phenols is 1. The molecule has 0 atom stereocenters. The molecule has 0 fully saturated rings.